The number of non-ortho nitro benzene ring substituents is 1. The van der Waals surface area contributed by atoms with Crippen molar-refractivity contribution in [1.82, 2.24) is 9.71 Å². The Morgan fingerprint density at radius 1 is 1.23 bits per heavy atom. The van der Waals surface area contributed by atoms with Crippen LogP contribution < -0.4 is 4.72 Å². The van der Waals surface area contributed by atoms with E-state index in [-0.39, 0.29) is 11.2 Å². The number of benzene rings is 1. The van der Waals surface area contributed by atoms with Crippen LogP contribution in [0.1, 0.15) is 39.5 Å². The van der Waals surface area contributed by atoms with Crippen LogP contribution >= 0.6 is 23.3 Å². The molecule has 0 aliphatic heterocycles. The summed E-state index contributed by atoms with van der Waals surface area (Å²) in [4.78, 5) is 17.1. The highest BCUT2D eigenvalue weighted by atomic mass is 32.2. The monoisotopic (exact) mass is 389 g/mol. The van der Waals surface area contributed by atoms with Crippen LogP contribution in [-0.4, -0.2) is 15.4 Å². The van der Waals surface area contributed by atoms with Gasteiger partial charge in [0.25, 0.3) is 5.69 Å². The van der Waals surface area contributed by atoms with Crippen LogP contribution in [-0.2, 0) is 0 Å². The first-order chi connectivity index (χ1) is 12.2. The number of hydrogen-bond acceptors (Lipinski definition) is 6. The minimum atomic E-state index is -0.396. The lowest BCUT2D eigenvalue weighted by molar-refractivity contribution is -0.384. The maximum atomic E-state index is 10.8. The summed E-state index contributed by atoms with van der Waals surface area (Å²) < 4.78 is 3.44. The highest BCUT2D eigenvalue weighted by Gasteiger charge is 2.16. The number of thiazole rings is 1. The molecule has 7 heteroatoms. The van der Waals surface area contributed by atoms with Crippen LogP contribution in [0.3, 0.4) is 0 Å². The summed E-state index contributed by atoms with van der Waals surface area (Å²) >= 11 is 3.19. The molecule has 0 aliphatic rings. The van der Waals surface area contributed by atoms with Crippen molar-refractivity contribution < 1.29 is 4.92 Å². The first-order valence-electron chi connectivity index (χ1n) is 8.23. The van der Waals surface area contributed by atoms with Gasteiger partial charge in [-0.25, -0.2) is 4.98 Å². The summed E-state index contributed by atoms with van der Waals surface area (Å²) in [6, 6.07) is 6.49. The van der Waals surface area contributed by atoms with Gasteiger partial charge in [-0.2, -0.15) is 0 Å². The van der Waals surface area contributed by atoms with E-state index in [9.17, 15) is 10.1 Å². The average Bonchev–Trinajstić information content (AvgIpc) is 3.07. The Morgan fingerprint density at radius 2 is 1.88 bits per heavy atom. The van der Waals surface area contributed by atoms with Crippen molar-refractivity contribution in [1.29, 1.82) is 0 Å². The summed E-state index contributed by atoms with van der Waals surface area (Å²) in [7, 11) is 0. The molecule has 0 saturated heterocycles. The summed E-state index contributed by atoms with van der Waals surface area (Å²) in [5.74, 6) is 0. The molecule has 0 spiro atoms. The highest BCUT2D eigenvalue weighted by molar-refractivity contribution is 8.01. The van der Waals surface area contributed by atoms with Gasteiger partial charge in [-0.05, 0) is 58.7 Å². The van der Waals surface area contributed by atoms with E-state index in [1.165, 1.54) is 12.1 Å². The topological polar surface area (TPSA) is 68.1 Å². The Kier molecular flexibility index (Phi) is 6.75. The van der Waals surface area contributed by atoms with Gasteiger partial charge in [0.2, 0.25) is 0 Å². The number of allylic oxidation sites excluding steroid dienone is 3. The van der Waals surface area contributed by atoms with Crippen LogP contribution in [0, 0.1) is 10.1 Å². The molecular formula is C19H23N3O2S2. The fourth-order valence-electron chi connectivity index (χ4n) is 2.14. The molecule has 0 bridgehead atoms. The van der Waals surface area contributed by atoms with Crippen molar-refractivity contribution in [2.75, 3.05) is 0 Å². The molecule has 0 amide bonds. The van der Waals surface area contributed by atoms with Crippen LogP contribution in [0.15, 0.2) is 47.5 Å². The fraction of sp³-hybridized carbons (Fsp3) is 0.316. The van der Waals surface area contributed by atoms with Gasteiger partial charge in [-0.1, -0.05) is 12.2 Å². The van der Waals surface area contributed by atoms with Crippen LogP contribution in [0.25, 0.3) is 16.1 Å². The number of nitrogens with zero attached hydrogens (tertiary/aromatic N) is 2. The molecule has 0 saturated carbocycles. The molecule has 2 aromatic rings. The van der Waals surface area contributed by atoms with Crippen molar-refractivity contribution in [3.8, 4) is 10.6 Å². The van der Waals surface area contributed by atoms with Gasteiger partial charge in [0, 0.05) is 39.9 Å². The van der Waals surface area contributed by atoms with E-state index < -0.39 is 4.92 Å². The zero-order valence-electron chi connectivity index (χ0n) is 15.6. The average molecular weight is 390 g/mol. The lowest BCUT2D eigenvalue weighted by atomic mass is 10.1. The molecule has 1 N–H and O–H groups in total. The Labute approximate surface area is 162 Å². The second-order valence-electron chi connectivity index (χ2n) is 6.64. The Bertz CT molecular complexity index is 831. The molecule has 0 aliphatic carbocycles. The zero-order chi connectivity index (χ0) is 19.3. The van der Waals surface area contributed by atoms with Crippen molar-refractivity contribution in [2.45, 2.75) is 40.2 Å². The largest absolute Gasteiger partial charge is 0.269 e. The van der Waals surface area contributed by atoms with E-state index in [1.807, 2.05) is 20.0 Å². The van der Waals surface area contributed by atoms with Crippen molar-refractivity contribution in [3.63, 3.8) is 0 Å². The van der Waals surface area contributed by atoms with E-state index in [0.717, 1.165) is 25.9 Å². The third-order valence-electron chi connectivity index (χ3n) is 3.38. The molecule has 0 radical (unpaired) electrons. The Morgan fingerprint density at radius 3 is 2.38 bits per heavy atom. The van der Waals surface area contributed by atoms with E-state index in [0.29, 0.717) is 0 Å². The van der Waals surface area contributed by atoms with E-state index in [1.54, 1.807) is 35.4 Å². The second-order valence-corrected chi connectivity index (χ2v) is 8.52. The third-order valence-corrected chi connectivity index (χ3v) is 5.85. The van der Waals surface area contributed by atoms with Gasteiger partial charge in [0.05, 0.1) is 9.80 Å². The molecule has 5 nitrogen and oxygen atoms in total. The van der Waals surface area contributed by atoms with Gasteiger partial charge >= 0.3 is 0 Å². The van der Waals surface area contributed by atoms with Crippen molar-refractivity contribution in [2.24, 2.45) is 0 Å². The number of nitrogens with one attached hydrogen (secondary N) is 1. The normalized spacial score (nSPS) is 13.1. The SMILES string of the molecule is C/C=C(SNC(C)(C)C)\C(=C/C)c1cnc(-c2ccc([N+](=O)[O-])cc2)s1. The maximum absolute atomic E-state index is 10.8. The summed E-state index contributed by atoms with van der Waals surface area (Å²) in [6.45, 7) is 10.4. The molecule has 1 heterocycles. The van der Waals surface area contributed by atoms with E-state index in [4.69, 9.17) is 0 Å². The standard InChI is InChI=1S/C19H23N3O2S2/c1-6-15(16(7-2)26-21-19(3,4)5)17-12-20-18(25-17)13-8-10-14(11-9-13)22(23)24/h6-12,21H,1-5H3/b15-6+,16-7+. The fourth-order valence-corrected chi connectivity index (χ4v) is 4.09. The van der Waals surface area contributed by atoms with Gasteiger partial charge in [-0.15, -0.1) is 11.3 Å². The molecule has 0 unspecified atom stereocenters. The van der Waals surface area contributed by atoms with Gasteiger partial charge in [0.1, 0.15) is 5.01 Å². The molecule has 0 fully saturated rings. The molecule has 0 atom stereocenters. The first kappa shape index (κ1) is 20.4. The summed E-state index contributed by atoms with van der Waals surface area (Å²) in [5.41, 5.74) is 2.10. The van der Waals surface area contributed by atoms with E-state index in [2.05, 4.69) is 42.6 Å². The van der Waals surface area contributed by atoms with Crippen LogP contribution in [0.5, 0.6) is 0 Å². The highest BCUT2D eigenvalue weighted by Crippen LogP contribution is 2.37. The molecule has 138 valence electrons. The Balaban J connectivity index is 2.24. The lowest BCUT2D eigenvalue weighted by Gasteiger charge is -2.21. The number of rotatable bonds is 6. The van der Waals surface area contributed by atoms with E-state index >= 15 is 0 Å². The minimum Gasteiger partial charge on any atom is -0.258 e. The van der Waals surface area contributed by atoms with Gasteiger partial charge < -0.3 is 0 Å². The molecule has 1 aromatic carbocycles. The summed E-state index contributed by atoms with van der Waals surface area (Å²) in [5, 5.41) is 11.6. The molecule has 2 rings (SSSR count). The first-order valence-corrected chi connectivity index (χ1v) is 9.86. The number of aromatic nitrogens is 1. The molecule has 26 heavy (non-hydrogen) atoms. The van der Waals surface area contributed by atoms with Crippen molar-refractivity contribution >= 4 is 34.5 Å². The van der Waals surface area contributed by atoms with Gasteiger partial charge in [-0.3, -0.25) is 14.8 Å². The zero-order valence-corrected chi connectivity index (χ0v) is 17.2. The smallest absolute Gasteiger partial charge is 0.258 e. The minimum absolute atomic E-state index is 0.00932. The molecular weight excluding hydrogens is 366 g/mol. The number of nitro benzene ring substituents is 1. The van der Waals surface area contributed by atoms with Crippen LogP contribution in [0.4, 0.5) is 5.69 Å². The predicted molar refractivity (Wildman–Crippen MR) is 112 cm³/mol. The molecule has 1 aromatic heterocycles. The third kappa shape index (κ3) is 5.27. The Hall–Kier alpha value is -1.96. The quantitative estimate of drug-likeness (QED) is 0.281. The number of nitro groups is 1. The van der Waals surface area contributed by atoms with Gasteiger partial charge in [0.15, 0.2) is 0 Å². The lowest BCUT2D eigenvalue weighted by Crippen LogP contribution is -2.30. The second kappa shape index (κ2) is 8.62. The maximum Gasteiger partial charge on any atom is 0.269 e. The van der Waals surface area contributed by atoms with Crippen molar-refractivity contribution in [3.05, 3.63) is 62.5 Å². The predicted octanol–water partition coefficient (Wildman–Crippen LogP) is 6.06. The number of hydrogen-bond donors (Lipinski definition) is 1. The van der Waals surface area contributed by atoms with Crippen LogP contribution in [0.2, 0.25) is 0 Å². The summed E-state index contributed by atoms with van der Waals surface area (Å²) in [6.07, 6.45) is 6.03.